The van der Waals surface area contributed by atoms with Gasteiger partial charge in [-0.25, -0.2) is 4.98 Å². The van der Waals surface area contributed by atoms with Gasteiger partial charge in [0.1, 0.15) is 0 Å². The maximum Gasteiger partial charge on any atom is 0.231 e. The number of thiazole rings is 1. The van der Waals surface area contributed by atoms with Crippen molar-refractivity contribution >= 4 is 28.2 Å². The molecule has 0 unspecified atom stereocenters. The molecule has 6 heteroatoms. The molecule has 1 saturated heterocycles. The molecule has 2 aromatic rings. The van der Waals surface area contributed by atoms with Crippen molar-refractivity contribution in [1.82, 2.24) is 4.98 Å². The lowest BCUT2D eigenvalue weighted by Gasteiger charge is -2.25. The maximum absolute atomic E-state index is 5.42. The lowest BCUT2D eigenvalue weighted by atomic mass is 10.1. The van der Waals surface area contributed by atoms with Crippen molar-refractivity contribution < 1.29 is 9.47 Å². The van der Waals surface area contributed by atoms with Crippen molar-refractivity contribution in [2.45, 2.75) is 0 Å². The van der Waals surface area contributed by atoms with E-state index >= 15 is 0 Å². The second-order valence-electron chi connectivity index (χ2n) is 4.68. The minimum Gasteiger partial charge on any atom is -0.454 e. The zero-order valence-corrected chi connectivity index (χ0v) is 12.5. The van der Waals surface area contributed by atoms with E-state index < -0.39 is 0 Å². The van der Waals surface area contributed by atoms with Crippen LogP contribution in [-0.4, -0.2) is 36.4 Å². The van der Waals surface area contributed by atoms with Crippen LogP contribution >= 0.6 is 23.1 Å². The Labute approximate surface area is 125 Å². The minimum atomic E-state index is 0.312. The molecule has 0 spiro atoms. The molecule has 20 heavy (non-hydrogen) atoms. The van der Waals surface area contributed by atoms with Gasteiger partial charge in [0, 0.05) is 35.5 Å². The standard InChI is InChI=1S/C14H14N2O2S2/c1-2-12-13(18-9-17-12)7-10(1)11-8-20-14(15-11)16-3-5-19-6-4-16/h1-2,7-8H,3-6,9H2. The Morgan fingerprint density at radius 3 is 2.85 bits per heavy atom. The second-order valence-corrected chi connectivity index (χ2v) is 6.74. The van der Waals surface area contributed by atoms with Gasteiger partial charge in [-0.3, -0.25) is 0 Å². The fourth-order valence-corrected chi connectivity index (χ4v) is 4.14. The van der Waals surface area contributed by atoms with Crippen molar-refractivity contribution in [3.8, 4) is 22.8 Å². The Balaban J connectivity index is 1.61. The topological polar surface area (TPSA) is 34.6 Å². The van der Waals surface area contributed by atoms with Gasteiger partial charge < -0.3 is 14.4 Å². The molecule has 0 aliphatic carbocycles. The van der Waals surface area contributed by atoms with E-state index in [2.05, 4.69) is 10.3 Å². The number of hydrogen-bond donors (Lipinski definition) is 0. The van der Waals surface area contributed by atoms with Crippen LogP contribution in [0.25, 0.3) is 11.3 Å². The molecular formula is C14H14N2O2S2. The number of ether oxygens (including phenoxy) is 2. The van der Waals surface area contributed by atoms with E-state index in [1.54, 1.807) is 11.3 Å². The number of anilines is 1. The lowest BCUT2D eigenvalue weighted by molar-refractivity contribution is 0.174. The van der Waals surface area contributed by atoms with E-state index in [-0.39, 0.29) is 0 Å². The molecule has 2 aliphatic heterocycles. The quantitative estimate of drug-likeness (QED) is 0.852. The fourth-order valence-electron chi connectivity index (χ4n) is 2.35. The van der Waals surface area contributed by atoms with E-state index in [0.717, 1.165) is 41.0 Å². The van der Waals surface area contributed by atoms with Crippen molar-refractivity contribution in [3.05, 3.63) is 23.6 Å². The Morgan fingerprint density at radius 1 is 1.10 bits per heavy atom. The molecule has 4 rings (SSSR count). The molecule has 0 amide bonds. The average molecular weight is 306 g/mol. The van der Waals surface area contributed by atoms with E-state index in [1.807, 2.05) is 30.0 Å². The van der Waals surface area contributed by atoms with Crippen LogP contribution in [0.2, 0.25) is 0 Å². The van der Waals surface area contributed by atoms with Gasteiger partial charge in [-0.2, -0.15) is 11.8 Å². The lowest BCUT2D eigenvalue weighted by Crippen LogP contribution is -2.32. The third kappa shape index (κ3) is 2.23. The first-order valence-electron chi connectivity index (χ1n) is 6.58. The van der Waals surface area contributed by atoms with Gasteiger partial charge in [0.15, 0.2) is 16.6 Å². The highest BCUT2D eigenvalue weighted by Crippen LogP contribution is 2.37. The molecule has 0 bridgehead atoms. The van der Waals surface area contributed by atoms with Crippen molar-refractivity contribution in [2.24, 2.45) is 0 Å². The third-order valence-electron chi connectivity index (χ3n) is 3.44. The number of fused-ring (bicyclic) bond motifs is 1. The van der Waals surface area contributed by atoms with Crippen LogP contribution in [0.5, 0.6) is 11.5 Å². The largest absolute Gasteiger partial charge is 0.454 e. The Hall–Kier alpha value is -1.40. The molecule has 104 valence electrons. The highest BCUT2D eigenvalue weighted by atomic mass is 32.2. The van der Waals surface area contributed by atoms with E-state index in [1.165, 1.54) is 11.5 Å². The third-order valence-corrected chi connectivity index (χ3v) is 5.29. The fraction of sp³-hybridized carbons (Fsp3) is 0.357. The monoisotopic (exact) mass is 306 g/mol. The van der Waals surface area contributed by atoms with Crippen LogP contribution in [0, 0.1) is 0 Å². The summed E-state index contributed by atoms with van der Waals surface area (Å²) in [5.74, 6) is 4.02. The summed E-state index contributed by atoms with van der Waals surface area (Å²) in [6.45, 7) is 2.50. The van der Waals surface area contributed by atoms with Gasteiger partial charge >= 0.3 is 0 Å². The zero-order chi connectivity index (χ0) is 13.4. The molecule has 4 nitrogen and oxygen atoms in total. The summed E-state index contributed by atoms with van der Waals surface area (Å²) in [6, 6.07) is 6.00. The van der Waals surface area contributed by atoms with Gasteiger partial charge in [-0.1, -0.05) is 0 Å². The molecule has 0 radical (unpaired) electrons. The van der Waals surface area contributed by atoms with Gasteiger partial charge in [-0.15, -0.1) is 11.3 Å². The van der Waals surface area contributed by atoms with Gasteiger partial charge in [-0.05, 0) is 18.2 Å². The highest BCUT2D eigenvalue weighted by Gasteiger charge is 2.17. The molecule has 0 N–H and O–H groups in total. The Bertz CT molecular complexity index is 623. The van der Waals surface area contributed by atoms with E-state index in [0.29, 0.717) is 6.79 Å². The maximum atomic E-state index is 5.42. The zero-order valence-electron chi connectivity index (χ0n) is 10.9. The molecule has 2 aliphatic rings. The SMILES string of the molecule is c1cc2c(cc1-c1csc(N3CCSCC3)n1)OCO2. The van der Waals surface area contributed by atoms with Crippen LogP contribution in [0.1, 0.15) is 0 Å². The van der Waals surface area contributed by atoms with Crippen molar-refractivity contribution in [2.75, 3.05) is 36.3 Å². The Kier molecular flexibility index (Phi) is 3.20. The van der Waals surface area contributed by atoms with Crippen molar-refractivity contribution in [3.63, 3.8) is 0 Å². The van der Waals surface area contributed by atoms with E-state index in [9.17, 15) is 0 Å². The van der Waals surface area contributed by atoms with Crippen LogP contribution in [-0.2, 0) is 0 Å². The summed E-state index contributed by atoms with van der Waals surface area (Å²) in [5.41, 5.74) is 2.10. The highest BCUT2D eigenvalue weighted by molar-refractivity contribution is 7.99. The normalized spacial score (nSPS) is 17.5. The smallest absolute Gasteiger partial charge is 0.231 e. The van der Waals surface area contributed by atoms with Gasteiger partial charge in [0.25, 0.3) is 0 Å². The number of thioether (sulfide) groups is 1. The second kappa shape index (κ2) is 5.18. The van der Waals surface area contributed by atoms with Gasteiger partial charge in [0.05, 0.1) is 5.69 Å². The molecule has 0 atom stereocenters. The first-order valence-corrected chi connectivity index (χ1v) is 8.62. The number of aromatic nitrogens is 1. The van der Waals surface area contributed by atoms with Gasteiger partial charge in [0.2, 0.25) is 6.79 Å². The summed E-state index contributed by atoms with van der Waals surface area (Å²) in [6.07, 6.45) is 0. The predicted molar refractivity (Wildman–Crippen MR) is 83.2 cm³/mol. The molecule has 1 fully saturated rings. The summed E-state index contributed by atoms with van der Waals surface area (Å²) in [7, 11) is 0. The molecule has 0 saturated carbocycles. The molecule has 3 heterocycles. The van der Waals surface area contributed by atoms with Crippen LogP contribution in [0.3, 0.4) is 0 Å². The van der Waals surface area contributed by atoms with Crippen molar-refractivity contribution in [1.29, 1.82) is 0 Å². The van der Waals surface area contributed by atoms with Crippen LogP contribution < -0.4 is 14.4 Å². The number of nitrogens with zero attached hydrogens (tertiary/aromatic N) is 2. The number of rotatable bonds is 2. The number of benzene rings is 1. The van der Waals surface area contributed by atoms with E-state index in [4.69, 9.17) is 14.5 Å². The first-order chi connectivity index (χ1) is 9.90. The molecule has 1 aromatic carbocycles. The minimum absolute atomic E-state index is 0.312. The average Bonchev–Trinajstić information content (AvgIpc) is 3.16. The van der Waals surface area contributed by atoms with Crippen LogP contribution in [0.4, 0.5) is 5.13 Å². The molecule has 1 aromatic heterocycles. The summed E-state index contributed by atoms with van der Waals surface area (Å²) >= 11 is 3.73. The summed E-state index contributed by atoms with van der Waals surface area (Å²) in [4.78, 5) is 7.14. The van der Waals surface area contributed by atoms with Crippen LogP contribution in [0.15, 0.2) is 23.6 Å². The Morgan fingerprint density at radius 2 is 1.95 bits per heavy atom. The molecular weight excluding hydrogens is 292 g/mol. The predicted octanol–water partition coefficient (Wildman–Crippen LogP) is 3.09. The summed E-state index contributed by atoms with van der Waals surface area (Å²) < 4.78 is 10.8. The summed E-state index contributed by atoms with van der Waals surface area (Å²) in [5, 5.41) is 3.24. The first kappa shape index (κ1) is 12.3. The number of hydrogen-bond acceptors (Lipinski definition) is 6.